The summed E-state index contributed by atoms with van der Waals surface area (Å²) in [5, 5.41) is 20.0. The molecule has 14 nitrogen and oxygen atoms in total. The van der Waals surface area contributed by atoms with Gasteiger partial charge in [-0.3, -0.25) is 14.4 Å². The van der Waals surface area contributed by atoms with Gasteiger partial charge in [-0.15, -0.1) is 0 Å². The number of ether oxygens (including phenoxy) is 1. The van der Waals surface area contributed by atoms with Crippen molar-refractivity contribution in [1.82, 2.24) is 30.4 Å². The summed E-state index contributed by atoms with van der Waals surface area (Å²) in [4.78, 5) is 54.4. The molecule has 4 bridgehead atoms. The zero-order valence-corrected chi connectivity index (χ0v) is 29.8. The summed E-state index contributed by atoms with van der Waals surface area (Å²) in [5.74, 6) is -0.581. The highest BCUT2D eigenvalue weighted by Crippen LogP contribution is 2.59. The van der Waals surface area contributed by atoms with Crippen molar-refractivity contribution in [3.05, 3.63) is 82.8 Å². The molecule has 3 amide bonds. The number of piperazine rings is 1. The van der Waals surface area contributed by atoms with Gasteiger partial charge in [0.05, 0.1) is 0 Å². The third-order valence-corrected chi connectivity index (χ3v) is 10.7. The first-order chi connectivity index (χ1) is 24.9. The van der Waals surface area contributed by atoms with E-state index < -0.39 is 41.6 Å². The van der Waals surface area contributed by atoms with Gasteiger partial charge >= 0.3 is 0 Å². The lowest BCUT2D eigenvalue weighted by molar-refractivity contribution is -0.135. The first-order valence-corrected chi connectivity index (χ1v) is 17.9. The molecule has 3 unspecified atom stereocenters. The van der Waals surface area contributed by atoms with E-state index in [4.69, 9.17) is 23.5 Å². The Morgan fingerprint density at radius 2 is 1.79 bits per heavy atom. The quantitative estimate of drug-likeness (QED) is 0.232. The molecule has 4 N–H and O–H groups in total. The molecule has 272 valence electrons. The molecule has 4 aromatic rings. The van der Waals surface area contributed by atoms with E-state index in [1.807, 2.05) is 63.4 Å². The first kappa shape index (κ1) is 33.9. The largest absolute Gasteiger partial charge is 0.469 e. The van der Waals surface area contributed by atoms with Crippen LogP contribution in [0, 0.1) is 11.8 Å². The number of anilines is 1. The second-order valence-corrected chi connectivity index (χ2v) is 14.9. The Hall–Kier alpha value is -5.21. The zero-order chi connectivity index (χ0) is 36.5. The molecule has 14 heteroatoms. The Morgan fingerprint density at radius 3 is 2.54 bits per heavy atom. The highest BCUT2D eigenvalue weighted by atomic mass is 16.5. The third-order valence-electron chi connectivity index (χ3n) is 10.7. The molecule has 6 heterocycles. The summed E-state index contributed by atoms with van der Waals surface area (Å²) in [6.45, 7) is 10.0. The van der Waals surface area contributed by atoms with Crippen LogP contribution in [0.2, 0.25) is 0 Å². The van der Waals surface area contributed by atoms with E-state index in [0.717, 1.165) is 35.5 Å². The Labute approximate surface area is 300 Å². The third kappa shape index (κ3) is 5.43. The number of hydrogen-bond acceptors (Lipinski definition) is 11. The van der Waals surface area contributed by atoms with Crippen molar-refractivity contribution in [2.45, 2.75) is 63.9 Å². The fourth-order valence-corrected chi connectivity index (χ4v) is 7.66. The molecule has 8 rings (SSSR count). The fourth-order valence-electron chi connectivity index (χ4n) is 7.66. The predicted octanol–water partition coefficient (Wildman–Crippen LogP) is 3.07. The number of carbonyl (C=O) groups excluding carboxylic acids is 3. The number of benzene rings is 2. The van der Waals surface area contributed by atoms with Crippen LogP contribution in [0.15, 0.2) is 57.6 Å². The van der Waals surface area contributed by atoms with Gasteiger partial charge in [-0.25, -0.2) is 9.97 Å². The van der Waals surface area contributed by atoms with Gasteiger partial charge in [0, 0.05) is 43.9 Å². The number of carbonyl (C=O) groups is 3. The average Bonchev–Trinajstić information content (AvgIpc) is 3.91. The lowest BCUT2D eigenvalue weighted by atomic mass is 9.72. The summed E-state index contributed by atoms with van der Waals surface area (Å²) >= 11 is 0. The smallest absolute Gasteiger partial charge is 0.275 e. The first-order valence-electron chi connectivity index (χ1n) is 17.9. The van der Waals surface area contributed by atoms with Crippen molar-refractivity contribution in [3.63, 3.8) is 0 Å². The molecule has 0 aliphatic carbocycles. The van der Waals surface area contributed by atoms with Crippen LogP contribution in [0.5, 0.6) is 5.75 Å². The molecule has 2 aromatic carbocycles. The number of oxazole rings is 2. The number of nitrogens with one attached hydrogen (secondary N) is 3. The van der Waals surface area contributed by atoms with Crippen LogP contribution in [0.3, 0.4) is 0 Å². The lowest BCUT2D eigenvalue weighted by Crippen LogP contribution is -2.52. The SMILES string of the molecule is CC(C)[C@H](O)C(=O)NC1Cc2ccc3c(c2)C2(c4ccccc4NC2O3)c2oc(nc2-c2nc(C(=O)N3CCN(C)CC3)co2)[C@H](C(C)C)NC1=O. The van der Waals surface area contributed by atoms with Crippen LogP contribution >= 0.6 is 0 Å². The van der Waals surface area contributed by atoms with E-state index in [0.29, 0.717) is 24.6 Å². The Kier molecular flexibility index (Phi) is 8.33. The van der Waals surface area contributed by atoms with Crippen LogP contribution in [-0.2, 0) is 21.4 Å². The molecule has 0 radical (unpaired) electrons. The summed E-state index contributed by atoms with van der Waals surface area (Å²) in [7, 11) is 2.03. The molecule has 4 aliphatic rings. The second kappa shape index (κ2) is 12.8. The standard InChI is InChI=1S/C38H43N7O7/c1-19(2)28-35-43-29(34-40-26(18-50-34)36(49)45-14-12-44(5)13-15-45)31(52-35)38-22-8-6-7-9-24(22)41-37(38)51-27-11-10-21(16-23(27)38)17-25(32(47)42-28)39-33(48)30(46)20(3)4/h6-11,16,18-20,25,28,30,37,41,46H,12-15,17H2,1-5H3,(H,39,48)(H,42,47)/t25?,28-,30-,37?,38?/m0/s1. The summed E-state index contributed by atoms with van der Waals surface area (Å²) < 4.78 is 19.6. The van der Waals surface area contributed by atoms with Crippen LogP contribution in [0.25, 0.3) is 11.6 Å². The highest BCUT2D eigenvalue weighted by molar-refractivity contribution is 5.93. The normalized spacial score (nSPS) is 24.3. The van der Waals surface area contributed by atoms with Gasteiger partial charge in [0.1, 0.15) is 35.6 Å². The maximum absolute atomic E-state index is 14.1. The molecule has 1 spiro atoms. The van der Waals surface area contributed by atoms with Crippen molar-refractivity contribution in [3.8, 4) is 17.3 Å². The van der Waals surface area contributed by atoms with Gasteiger partial charge in [0.2, 0.25) is 23.6 Å². The van der Waals surface area contributed by atoms with Gasteiger partial charge in [-0.2, -0.15) is 0 Å². The minimum atomic E-state index is -1.29. The molecule has 5 atom stereocenters. The minimum Gasteiger partial charge on any atom is -0.469 e. The Balaban J connectivity index is 1.31. The van der Waals surface area contributed by atoms with Crippen LogP contribution in [-0.4, -0.2) is 94.2 Å². The fraction of sp³-hybridized carbons (Fsp3) is 0.447. The van der Waals surface area contributed by atoms with Gasteiger partial charge in [-0.1, -0.05) is 58.0 Å². The Bertz CT molecular complexity index is 2050. The molecule has 4 aliphatic heterocycles. The predicted molar refractivity (Wildman–Crippen MR) is 188 cm³/mol. The number of amides is 3. The van der Waals surface area contributed by atoms with Crippen molar-refractivity contribution in [2.24, 2.45) is 11.8 Å². The van der Waals surface area contributed by atoms with Crippen LogP contribution in [0.1, 0.15) is 72.6 Å². The van der Waals surface area contributed by atoms with Crippen LogP contribution in [0.4, 0.5) is 5.69 Å². The van der Waals surface area contributed by atoms with Gasteiger partial charge in [-0.05, 0) is 42.1 Å². The number of likely N-dealkylation sites (N-methyl/N-ethyl adjacent to an activating group) is 1. The van der Waals surface area contributed by atoms with E-state index in [-0.39, 0.29) is 47.3 Å². The van der Waals surface area contributed by atoms with E-state index >= 15 is 0 Å². The van der Waals surface area contributed by atoms with E-state index in [2.05, 4.69) is 20.9 Å². The molecule has 2 aromatic heterocycles. The number of rotatable bonds is 6. The second-order valence-electron chi connectivity index (χ2n) is 14.9. The number of aliphatic hydroxyl groups excluding tert-OH is 1. The molecule has 1 fully saturated rings. The van der Waals surface area contributed by atoms with Crippen LogP contribution < -0.4 is 20.7 Å². The lowest BCUT2D eigenvalue weighted by Gasteiger charge is -2.31. The van der Waals surface area contributed by atoms with Gasteiger partial charge < -0.3 is 44.4 Å². The molecule has 1 saturated heterocycles. The number of para-hydroxylation sites is 1. The number of fused-ring (bicyclic) bond motifs is 4. The van der Waals surface area contributed by atoms with Crippen molar-refractivity contribution in [1.29, 1.82) is 0 Å². The van der Waals surface area contributed by atoms with Crippen molar-refractivity contribution < 1.29 is 33.1 Å². The minimum absolute atomic E-state index is 0.0982. The number of aliphatic hydroxyl groups is 1. The van der Waals surface area contributed by atoms with E-state index in [1.165, 1.54) is 6.26 Å². The number of nitrogens with zero attached hydrogens (tertiary/aromatic N) is 4. The van der Waals surface area contributed by atoms with E-state index in [9.17, 15) is 19.5 Å². The van der Waals surface area contributed by atoms with E-state index in [1.54, 1.807) is 18.7 Å². The summed E-state index contributed by atoms with van der Waals surface area (Å²) in [6.07, 6.45) is -0.439. The number of hydrogen-bond donors (Lipinski definition) is 4. The zero-order valence-electron chi connectivity index (χ0n) is 29.8. The highest BCUT2D eigenvalue weighted by Gasteiger charge is 2.61. The monoisotopic (exact) mass is 709 g/mol. The maximum Gasteiger partial charge on any atom is 0.275 e. The molecule has 0 saturated carbocycles. The van der Waals surface area contributed by atoms with Gasteiger partial charge in [0.15, 0.2) is 23.4 Å². The summed E-state index contributed by atoms with van der Waals surface area (Å²) in [5.41, 5.74) is 2.61. The molecule has 52 heavy (non-hydrogen) atoms. The maximum atomic E-state index is 14.1. The Morgan fingerprint density at radius 1 is 1.02 bits per heavy atom. The molecular weight excluding hydrogens is 666 g/mol. The van der Waals surface area contributed by atoms with Crippen molar-refractivity contribution >= 4 is 23.4 Å². The van der Waals surface area contributed by atoms with Gasteiger partial charge in [0.25, 0.3) is 5.91 Å². The topological polar surface area (TPSA) is 175 Å². The van der Waals surface area contributed by atoms with Crippen molar-refractivity contribution in [2.75, 3.05) is 38.5 Å². The average molecular weight is 710 g/mol. The number of aromatic nitrogens is 2. The molecular formula is C38H43N7O7. The summed E-state index contributed by atoms with van der Waals surface area (Å²) in [6, 6.07) is 11.8.